The van der Waals surface area contributed by atoms with Gasteiger partial charge < -0.3 is 4.90 Å². The van der Waals surface area contributed by atoms with Gasteiger partial charge in [0.1, 0.15) is 0 Å². The van der Waals surface area contributed by atoms with Crippen LogP contribution in [0, 0.1) is 12.8 Å². The summed E-state index contributed by atoms with van der Waals surface area (Å²) in [6.45, 7) is 3.90. The molecule has 1 N–H and O–H groups in total. The number of hydrogen-bond acceptors (Lipinski definition) is 3. The van der Waals surface area contributed by atoms with Crippen molar-refractivity contribution in [1.29, 1.82) is 0 Å². The third-order valence-corrected chi connectivity index (χ3v) is 5.40. The first kappa shape index (κ1) is 15.3. The molecule has 0 aliphatic carbocycles. The van der Waals surface area contributed by atoms with Gasteiger partial charge in [0.15, 0.2) is 0 Å². The number of H-pyrrole nitrogens is 1. The van der Waals surface area contributed by atoms with Crippen LogP contribution in [0.3, 0.4) is 0 Å². The standard InChI is InChI=1S/C17H23N3OS/c1-13-11-18-19-16(13)10-14-4-2-8-20(12-14)17(21)7-6-15-5-3-9-22-15/h3,5,9,11,14H,2,4,6-8,10,12H2,1H3,(H,18,19)/t14-/m0/s1. The molecule has 3 heterocycles. The Bertz CT molecular complexity index is 605. The molecule has 2 aromatic heterocycles. The van der Waals surface area contributed by atoms with Crippen LogP contribution in [-0.4, -0.2) is 34.1 Å². The number of aromatic nitrogens is 2. The van der Waals surface area contributed by atoms with E-state index in [1.165, 1.54) is 22.6 Å². The maximum absolute atomic E-state index is 12.4. The first-order valence-corrected chi connectivity index (χ1v) is 8.89. The number of rotatable bonds is 5. The van der Waals surface area contributed by atoms with Gasteiger partial charge in [0.25, 0.3) is 0 Å². The normalized spacial score (nSPS) is 18.6. The molecule has 0 bridgehead atoms. The number of hydrogen-bond donors (Lipinski definition) is 1. The van der Waals surface area contributed by atoms with Crippen LogP contribution in [0.1, 0.15) is 35.4 Å². The predicted octanol–water partition coefficient (Wildman–Crippen LogP) is 3.19. The molecule has 3 rings (SSSR count). The van der Waals surface area contributed by atoms with Crippen LogP contribution in [-0.2, 0) is 17.6 Å². The van der Waals surface area contributed by atoms with E-state index in [1.807, 2.05) is 12.3 Å². The number of likely N-dealkylation sites (tertiary alicyclic amines) is 1. The Balaban J connectivity index is 1.51. The quantitative estimate of drug-likeness (QED) is 0.920. The highest BCUT2D eigenvalue weighted by Crippen LogP contribution is 2.22. The molecule has 1 atom stereocenters. The molecule has 1 fully saturated rings. The van der Waals surface area contributed by atoms with Gasteiger partial charge in [-0.15, -0.1) is 11.3 Å². The van der Waals surface area contributed by atoms with E-state index in [9.17, 15) is 4.79 Å². The molecule has 0 saturated carbocycles. The topological polar surface area (TPSA) is 49.0 Å². The molecule has 1 saturated heterocycles. The Kier molecular flexibility index (Phi) is 4.93. The zero-order valence-corrected chi connectivity index (χ0v) is 13.9. The first-order valence-electron chi connectivity index (χ1n) is 8.01. The molecule has 5 heteroatoms. The Labute approximate surface area is 135 Å². The van der Waals surface area contributed by atoms with E-state index in [2.05, 4.69) is 33.5 Å². The van der Waals surface area contributed by atoms with Crippen molar-refractivity contribution in [3.05, 3.63) is 39.8 Å². The number of aryl methyl sites for hydroxylation is 2. The van der Waals surface area contributed by atoms with Gasteiger partial charge in [0.05, 0.1) is 6.20 Å². The number of nitrogens with one attached hydrogen (secondary N) is 1. The van der Waals surface area contributed by atoms with Crippen molar-refractivity contribution >= 4 is 17.2 Å². The molecule has 22 heavy (non-hydrogen) atoms. The van der Waals surface area contributed by atoms with Gasteiger partial charge in [0.2, 0.25) is 5.91 Å². The summed E-state index contributed by atoms with van der Waals surface area (Å²) in [5.74, 6) is 0.859. The zero-order chi connectivity index (χ0) is 15.4. The molecule has 0 unspecified atom stereocenters. The lowest BCUT2D eigenvalue weighted by molar-refractivity contribution is -0.132. The molecule has 0 aromatic carbocycles. The smallest absolute Gasteiger partial charge is 0.222 e. The highest BCUT2D eigenvalue weighted by atomic mass is 32.1. The third-order valence-electron chi connectivity index (χ3n) is 4.46. The van der Waals surface area contributed by atoms with Crippen molar-refractivity contribution in [2.24, 2.45) is 5.92 Å². The molecule has 0 spiro atoms. The highest BCUT2D eigenvalue weighted by Gasteiger charge is 2.24. The minimum absolute atomic E-state index is 0.305. The van der Waals surface area contributed by atoms with E-state index in [1.54, 1.807) is 11.3 Å². The molecule has 1 amide bonds. The van der Waals surface area contributed by atoms with Crippen molar-refractivity contribution in [2.75, 3.05) is 13.1 Å². The second-order valence-corrected chi connectivity index (χ2v) is 7.20. The predicted molar refractivity (Wildman–Crippen MR) is 89.0 cm³/mol. The maximum atomic E-state index is 12.4. The average molecular weight is 317 g/mol. The van der Waals surface area contributed by atoms with Crippen molar-refractivity contribution in [2.45, 2.75) is 39.0 Å². The SMILES string of the molecule is Cc1cn[nH]c1C[C@@H]1CCCN(C(=O)CCc2cccs2)C1. The highest BCUT2D eigenvalue weighted by molar-refractivity contribution is 7.09. The molecular weight excluding hydrogens is 294 g/mol. The number of piperidine rings is 1. The van der Waals surface area contributed by atoms with E-state index in [0.717, 1.165) is 32.4 Å². The second-order valence-electron chi connectivity index (χ2n) is 6.16. The van der Waals surface area contributed by atoms with Gasteiger partial charge in [-0.05, 0) is 55.5 Å². The molecule has 4 nitrogen and oxygen atoms in total. The van der Waals surface area contributed by atoms with Crippen molar-refractivity contribution < 1.29 is 4.79 Å². The zero-order valence-electron chi connectivity index (χ0n) is 13.0. The summed E-state index contributed by atoms with van der Waals surface area (Å²) in [7, 11) is 0. The van der Waals surface area contributed by atoms with E-state index in [4.69, 9.17) is 0 Å². The van der Waals surface area contributed by atoms with Crippen LogP contribution < -0.4 is 0 Å². The largest absolute Gasteiger partial charge is 0.342 e. The molecule has 1 aliphatic rings. The van der Waals surface area contributed by atoms with Crippen LogP contribution in [0.25, 0.3) is 0 Å². The van der Waals surface area contributed by atoms with Gasteiger partial charge >= 0.3 is 0 Å². The molecule has 0 radical (unpaired) electrons. The van der Waals surface area contributed by atoms with Gasteiger partial charge in [-0.25, -0.2) is 0 Å². The van der Waals surface area contributed by atoms with Gasteiger partial charge in [-0.2, -0.15) is 5.10 Å². The Hall–Kier alpha value is -1.62. The summed E-state index contributed by atoms with van der Waals surface area (Å²) in [5.41, 5.74) is 2.44. The maximum Gasteiger partial charge on any atom is 0.222 e. The minimum atomic E-state index is 0.305. The van der Waals surface area contributed by atoms with E-state index in [0.29, 0.717) is 18.2 Å². The number of nitrogens with zero attached hydrogens (tertiary/aromatic N) is 2. The first-order chi connectivity index (χ1) is 10.7. The van der Waals surface area contributed by atoms with Crippen LogP contribution in [0.5, 0.6) is 0 Å². The van der Waals surface area contributed by atoms with Crippen molar-refractivity contribution in [1.82, 2.24) is 15.1 Å². The van der Waals surface area contributed by atoms with Crippen LogP contribution in [0.2, 0.25) is 0 Å². The molecule has 2 aromatic rings. The fourth-order valence-electron chi connectivity index (χ4n) is 3.17. The monoisotopic (exact) mass is 317 g/mol. The number of carbonyl (C=O) groups excluding carboxylic acids is 1. The summed E-state index contributed by atoms with van der Waals surface area (Å²) in [4.78, 5) is 15.8. The number of amides is 1. The van der Waals surface area contributed by atoms with Crippen molar-refractivity contribution in [3.63, 3.8) is 0 Å². The van der Waals surface area contributed by atoms with E-state index >= 15 is 0 Å². The summed E-state index contributed by atoms with van der Waals surface area (Å²) in [5, 5.41) is 9.26. The number of aromatic amines is 1. The summed E-state index contributed by atoms with van der Waals surface area (Å²) < 4.78 is 0. The summed E-state index contributed by atoms with van der Waals surface area (Å²) >= 11 is 1.73. The minimum Gasteiger partial charge on any atom is -0.342 e. The summed E-state index contributed by atoms with van der Waals surface area (Å²) in [6.07, 6.45) is 6.70. The summed E-state index contributed by atoms with van der Waals surface area (Å²) in [6, 6.07) is 4.16. The van der Waals surface area contributed by atoms with Crippen LogP contribution in [0.4, 0.5) is 0 Å². The second kappa shape index (κ2) is 7.09. The lowest BCUT2D eigenvalue weighted by atomic mass is 9.92. The van der Waals surface area contributed by atoms with Gasteiger partial charge in [-0.3, -0.25) is 9.89 Å². The average Bonchev–Trinajstić information content (AvgIpc) is 3.18. The lowest BCUT2D eigenvalue weighted by Crippen LogP contribution is -2.40. The van der Waals surface area contributed by atoms with E-state index < -0.39 is 0 Å². The van der Waals surface area contributed by atoms with Gasteiger partial charge in [0, 0.05) is 30.1 Å². The molecular formula is C17H23N3OS. The fourth-order valence-corrected chi connectivity index (χ4v) is 3.88. The Morgan fingerprint density at radius 3 is 3.18 bits per heavy atom. The number of thiophene rings is 1. The lowest BCUT2D eigenvalue weighted by Gasteiger charge is -2.33. The molecule has 118 valence electrons. The van der Waals surface area contributed by atoms with Crippen molar-refractivity contribution in [3.8, 4) is 0 Å². The molecule has 1 aliphatic heterocycles. The van der Waals surface area contributed by atoms with Crippen LogP contribution in [0.15, 0.2) is 23.7 Å². The fraction of sp³-hybridized carbons (Fsp3) is 0.529. The Morgan fingerprint density at radius 2 is 2.45 bits per heavy atom. The third kappa shape index (κ3) is 3.77. The number of carbonyl (C=O) groups is 1. The van der Waals surface area contributed by atoms with Crippen LogP contribution >= 0.6 is 11.3 Å². The van der Waals surface area contributed by atoms with Gasteiger partial charge in [-0.1, -0.05) is 6.07 Å². The Morgan fingerprint density at radius 1 is 1.55 bits per heavy atom. The van der Waals surface area contributed by atoms with E-state index in [-0.39, 0.29) is 0 Å².